The lowest BCUT2D eigenvalue weighted by Crippen LogP contribution is -2.42. The molecule has 0 spiro atoms. The Morgan fingerprint density at radius 1 is 1.59 bits per heavy atom. The number of carbonyl (C=O) groups excluding carboxylic acids is 2. The van der Waals surface area contributed by atoms with Gasteiger partial charge in [-0.05, 0) is 13.0 Å². The summed E-state index contributed by atoms with van der Waals surface area (Å²) in [5, 5.41) is 0. The molecule has 2 heterocycles. The highest BCUT2D eigenvalue weighted by Gasteiger charge is 2.32. The van der Waals surface area contributed by atoms with Crippen molar-refractivity contribution < 1.29 is 9.59 Å². The van der Waals surface area contributed by atoms with Crippen LogP contribution in [0.15, 0.2) is 24.0 Å². The molecule has 6 heteroatoms. The first-order valence-electron chi connectivity index (χ1n) is 5.49. The minimum atomic E-state index is -0.441. The second-order valence-electron chi connectivity index (χ2n) is 4.29. The summed E-state index contributed by atoms with van der Waals surface area (Å²) in [5.74, 6) is 0.672. The maximum Gasteiger partial charge on any atom is 0.282 e. The van der Waals surface area contributed by atoms with Crippen LogP contribution in [0.2, 0.25) is 0 Å². The van der Waals surface area contributed by atoms with Gasteiger partial charge in [-0.1, -0.05) is 5.57 Å². The number of nitrogens with zero attached hydrogens (tertiary/aromatic N) is 3. The lowest BCUT2D eigenvalue weighted by molar-refractivity contribution is -0.119. The molecule has 1 aliphatic heterocycles. The number of hydrogen-bond donors (Lipinski definition) is 0. The molecule has 17 heavy (non-hydrogen) atoms. The fraction of sp³-hybridized carbons (Fsp3) is 0.364. The molecule has 0 amide bonds. The van der Waals surface area contributed by atoms with Gasteiger partial charge in [0.1, 0.15) is 11.9 Å². The Morgan fingerprint density at radius 2 is 2.35 bits per heavy atom. The monoisotopic (exact) mass is 231 g/mol. The van der Waals surface area contributed by atoms with Crippen molar-refractivity contribution in [2.75, 3.05) is 6.54 Å². The van der Waals surface area contributed by atoms with Crippen LogP contribution in [0.25, 0.3) is 0 Å². The molecule has 0 saturated carbocycles. The molecule has 0 N–H and O–H groups in total. The Morgan fingerprint density at radius 3 is 2.94 bits per heavy atom. The van der Waals surface area contributed by atoms with E-state index in [1.165, 1.54) is 0 Å². The molecule has 1 aromatic heterocycles. The van der Waals surface area contributed by atoms with Crippen molar-refractivity contribution >= 4 is 19.4 Å². The highest BCUT2D eigenvalue weighted by Crippen LogP contribution is 2.24. The summed E-state index contributed by atoms with van der Waals surface area (Å²) >= 11 is 0. The van der Waals surface area contributed by atoms with E-state index >= 15 is 0 Å². The van der Waals surface area contributed by atoms with Crippen LogP contribution in [0.5, 0.6) is 0 Å². The summed E-state index contributed by atoms with van der Waals surface area (Å²) in [5.41, 5.74) is 0.974. The fourth-order valence-corrected chi connectivity index (χ4v) is 2.16. The van der Waals surface area contributed by atoms with E-state index in [0.717, 1.165) is 11.8 Å². The quantitative estimate of drug-likeness (QED) is 0.535. The van der Waals surface area contributed by atoms with Crippen LogP contribution < -0.4 is 0 Å². The summed E-state index contributed by atoms with van der Waals surface area (Å²) in [6, 6.07) is -0.441. The Kier molecular flexibility index (Phi) is 3.24. The van der Waals surface area contributed by atoms with Gasteiger partial charge in [-0.2, -0.15) is 0 Å². The van der Waals surface area contributed by atoms with E-state index in [4.69, 9.17) is 0 Å². The number of carbonyl (C=O) groups is 2. The third-order valence-corrected chi connectivity index (χ3v) is 2.89. The van der Waals surface area contributed by atoms with Crippen molar-refractivity contribution in [1.29, 1.82) is 0 Å². The molecular weight excluding hydrogens is 217 g/mol. The number of ketones is 1. The Bertz CT molecular complexity index is 481. The molecule has 0 aliphatic carbocycles. The van der Waals surface area contributed by atoms with Gasteiger partial charge in [-0.25, -0.2) is 4.98 Å². The minimum Gasteiger partial charge on any atom is -0.336 e. The van der Waals surface area contributed by atoms with Crippen molar-refractivity contribution in [1.82, 2.24) is 14.4 Å². The maximum atomic E-state index is 12.1. The Labute approximate surface area is 100 Å². The molecular formula is C11H14BN3O2. The molecule has 2 rings (SSSR count). The zero-order valence-electron chi connectivity index (χ0n) is 9.96. The van der Waals surface area contributed by atoms with Crippen molar-refractivity contribution in [2.45, 2.75) is 13.0 Å². The number of imidazole rings is 1. The molecule has 0 fully saturated rings. The minimum absolute atomic E-state index is 0.00935. The molecule has 1 aliphatic rings. The van der Waals surface area contributed by atoms with Crippen molar-refractivity contribution in [3.8, 4) is 0 Å². The first-order valence-corrected chi connectivity index (χ1v) is 5.49. The van der Waals surface area contributed by atoms with E-state index in [2.05, 4.69) is 4.98 Å². The van der Waals surface area contributed by atoms with Crippen LogP contribution in [-0.4, -0.2) is 40.3 Å². The summed E-state index contributed by atoms with van der Waals surface area (Å²) in [4.78, 5) is 28.8. The van der Waals surface area contributed by atoms with Crippen LogP contribution in [-0.2, 0) is 16.6 Å². The van der Waals surface area contributed by atoms with Gasteiger partial charge < -0.3 is 14.2 Å². The number of aryl methyl sites for hydroxylation is 1. The molecule has 1 aromatic rings. The van der Waals surface area contributed by atoms with Crippen molar-refractivity contribution in [3.05, 3.63) is 29.9 Å². The molecule has 0 bridgehead atoms. The zero-order valence-corrected chi connectivity index (χ0v) is 9.96. The van der Waals surface area contributed by atoms with E-state index in [-0.39, 0.29) is 13.2 Å². The van der Waals surface area contributed by atoms with E-state index in [1.807, 2.05) is 23.3 Å². The van der Waals surface area contributed by atoms with Gasteiger partial charge in [0.15, 0.2) is 5.78 Å². The summed E-state index contributed by atoms with van der Waals surface area (Å²) in [7, 11) is 2.09. The van der Waals surface area contributed by atoms with Crippen molar-refractivity contribution in [3.63, 3.8) is 0 Å². The van der Waals surface area contributed by atoms with E-state index in [9.17, 15) is 9.59 Å². The number of aromatic nitrogens is 2. The third-order valence-electron chi connectivity index (χ3n) is 2.89. The van der Waals surface area contributed by atoms with Gasteiger partial charge in [0.2, 0.25) is 0 Å². The topological polar surface area (TPSA) is 55.2 Å². The smallest absolute Gasteiger partial charge is 0.282 e. The molecule has 0 aromatic carbocycles. The largest absolute Gasteiger partial charge is 0.336 e. The number of hydrogen-bond acceptors (Lipinski definition) is 4. The Hall–Kier alpha value is -1.69. The van der Waals surface area contributed by atoms with Crippen LogP contribution in [0.4, 0.5) is 0 Å². The van der Waals surface area contributed by atoms with Crippen LogP contribution in [0.3, 0.4) is 0 Å². The van der Waals surface area contributed by atoms with E-state index in [1.54, 1.807) is 18.5 Å². The van der Waals surface area contributed by atoms with Gasteiger partial charge in [0.25, 0.3) is 7.41 Å². The van der Waals surface area contributed by atoms with Crippen LogP contribution >= 0.6 is 0 Å². The zero-order chi connectivity index (χ0) is 12.4. The Balaban J connectivity index is 2.38. The second kappa shape index (κ2) is 4.67. The van der Waals surface area contributed by atoms with Gasteiger partial charge in [0, 0.05) is 26.0 Å². The van der Waals surface area contributed by atoms with Crippen LogP contribution in [0.1, 0.15) is 18.8 Å². The maximum absolute atomic E-state index is 12.1. The fourth-order valence-electron chi connectivity index (χ4n) is 2.16. The molecule has 0 radical (unpaired) electrons. The molecule has 5 nitrogen and oxygen atoms in total. The molecule has 1 unspecified atom stereocenters. The van der Waals surface area contributed by atoms with Gasteiger partial charge in [-0.15, -0.1) is 0 Å². The van der Waals surface area contributed by atoms with Gasteiger partial charge in [0.05, 0.1) is 6.19 Å². The molecule has 1 atom stereocenters. The predicted octanol–water partition coefficient (Wildman–Crippen LogP) is -0.166. The highest BCUT2D eigenvalue weighted by molar-refractivity contribution is 6.64. The van der Waals surface area contributed by atoms with Crippen molar-refractivity contribution in [2.24, 2.45) is 7.05 Å². The van der Waals surface area contributed by atoms with Gasteiger partial charge >= 0.3 is 0 Å². The predicted molar refractivity (Wildman–Crippen MR) is 65.3 cm³/mol. The third kappa shape index (κ3) is 2.21. The average Bonchev–Trinajstić information content (AvgIpc) is 2.64. The lowest BCUT2D eigenvalue weighted by atomic mass is 9.86. The second-order valence-corrected chi connectivity index (χ2v) is 4.29. The van der Waals surface area contributed by atoms with E-state index in [0.29, 0.717) is 12.4 Å². The molecule has 88 valence electrons. The first-order chi connectivity index (χ1) is 8.13. The molecule has 0 saturated heterocycles. The highest BCUT2D eigenvalue weighted by atomic mass is 16.1. The number of rotatable bonds is 3. The summed E-state index contributed by atoms with van der Waals surface area (Å²) in [6.07, 6.45) is 5.92. The first kappa shape index (κ1) is 11.8. The van der Waals surface area contributed by atoms with Gasteiger partial charge in [-0.3, -0.25) is 4.79 Å². The lowest BCUT2D eigenvalue weighted by Gasteiger charge is -2.31. The normalized spacial score (nSPS) is 21.2. The SMILES string of the molecule is CC1=CC(=O)C(c2nccn2C)N(BC=O)C1. The van der Waals surface area contributed by atoms with E-state index < -0.39 is 6.04 Å². The average molecular weight is 231 g/mol. The summed E-state index contributed by atoms with van der Waals surface area (Å²) < 4.78 is 1.81. The summed E-state index contributed by atoms with van der Waals surface area (Å²) in [6.45, 7) is 2.52. The standard InChI is InChI=1S/C11H14BN3O2/c1-8-5-9(17)10(15(6-8)12-7-16)11-13-3-4-14(11)2/h3-5,7,10,12H,6H2,1-2H3. The van der Waals surface area contributed by atoms with Crippen LogP contribution in [0, 0.1) is 0 Å².